The average molecular weight is 334 g/mol. The number of anilines is 1. The molecule has 0 spiro atoms. The maximum absolute atomic E-state index is 10.6. The number of rotatable bonds is 2. The summed E-state index contributed by atoms with van der Waals surface area (Å²) in [5.74, 6) is 0.775. The molecule has 5 nitrogen and oxygen atoms in total. The number of nitrogens with zero attached hydrogens (tertiary/aromatic N) is 3. The van der Waals surface area contributed by atoms with Crippen molar-refractivity contribution < 1.29 is 4.92 Å². The number of aromatic nitrogens is 1. The fraction of sp³-hybridized carbons (Fsp3) is 0.214. The van der Waals surface area contributed by atoms with Gasteiger partial charge in [-0.1, -0.05) is 28.1 Å². The molecule has 0 amide bonds. The molecule has 0 N–H and O–H groups in total. The third-order valence-electron chi connectivity index (χ3n) is 3.48. The van der Waals surface area contributed by atoms with Crippen molar-refractivity contribution in [2.24, 2.45) is 0 Å². The number of pyridine rings is 1. The van der Waals surface area contributed by atoms with Crippen LogP contribution in [0.5, 0.6) is 0 Å². The van der Waals surface area contributed by atoms with Crippen molar-refractivity contribution in [2.45, 2.75) is 13.0 Å². The van der Waals surface area contributed by atoms with Gasteiger partial charge in [0.05, 0.1) is 4.92 Å². The maximum Gasteiger partial charge on any atom is 0.287 e. The molecule has 0 radical (unpaired) electrons. The first kappa shape index (κ1) is 13.1. The minimum atomic E-state index is -0.432. The zero-order chi connectivity index (χ0) is 14.1. The molecule has 1 aliphatic rings. The van der Waals surface area contributed by atoms with Crippen molar-refractivity contribution in [3.8, 4) is 0 Å². The largest absolute Gasteiger partial charge is 0.352 e. The third kappa shape index (κ3) is 2.38. The lowest BCUT2D eigenvalue weighted by molar-refractivity contribution is -0.385. The predicted octanol–water partition coefficient (Wildman–Crippen LogP) is 3.32. The van der Waals surface area contributed by atoms with Crippen molar-refractivity contribution in [2.75, 3.05) is 11.4 Å². The van der Waals surface area contributed by atoms with Gasteiger partial charge in [0.1, 0.15) is 12.0 Å². The Morgan fingerprint density at radius 1 is 1.30 bits per heavy atom. The highest BCUT2D eigenvalue weighted by Crippen LogP contribution is 2.29. The molecule has 0 saturated heterocycles. The number of benzene rings is 1. The van der Waals surface area contributed by atoms with E-state index in [-0.39, 0.29) is 5.69 Å². The maximum atomic E-state index is 10.6. The number of hydrogen-bond acceptors (Lipinski definition) is 4. The molecule has 1 aliphatic heterocycles. The van der Waals surface area contributed by atoms with Gasteiger partial charge in [-0.05, 0) is 29.7 Å². The summed E-state index contributed by atoms with van der Waals surface area (Å²) in [5.41, 5.74) is 2.63. The Morgan fingerprint density at radius 3 is 2.85 bits per heavy atom. The molecule has 0 unspecified atom stereocenters. The van der Waals surface area contributed by atoms with Crippen LogP contribution in [0, 0.1) is 10.1 Å². The van der Waals surface area contributed by atoms with E-state index >= 15 is 0 Å². The Balaban J connectivity index is 1.86. The highest BCUT2D eigenvalue weighted by atomic mass is 79.9. The van der Waals surface area contributed by atoms with Crippen molar-refractivity contribution in [3.05, 3.63) is 62.2 Å². The highest BCUT2D eigenvalue weighted by Gasteiger charge is 2.19. The van der Waals surface area contributed by atoms with Crippen molar-refractivity contribution in [1.82, 2.24) is 4.98 Å². The van der Waals surface area contributed by atoms with E-state index in [0.717, 1.165) is 29.8 Å². The second-order valence-electron chi connectivity index (χ2n) is 4.68. The van der Waals surface area contributed by atoms with E-state index in [2.05, 4.69) is 31.9 Å². The molecule has 3 rings (SSSR count). The quantitative estimate of drug-likeness (QED) is 0.624. The Labute approximate surface area is 124 Å². The SMILES string of the molecule is O=[N+]([O-])c1ccc(N2CCc3cccc(Br)c3C2)nc1. The molecule has 1 aromatic carbocycles. The average Bonchev–Trinajstić information content (AvgIpc) is 2.47. The third-order valence-corrected chi connectivity index (χ3v) is 4.23. The summed E-state index contributed by atoms with van der Waals surface area (Å²) in [7, 11) is 0. The minimum absolute atomic E-state index is 0.0207. The summed E-state index contributed by atoms with van der Waals surface area (Å²) >= 11 is 3.58. The van der Waals surface area contributed by atoms with Gasteiger partial charge in [0.15, 0.2) is 0 Å². The second-order valence-corrected chi connectivity index (χ2v) is 5.54. The predicted molar refractivity (Wildman–Crippen MR) is 79.8 cm³/mol. The van der Waals surface area contributed by atoms with E-state index in [1.165, 1.54) is 23.4 Å². The smallest absolute Gasteiger partial charge is 0.287 e. The second kappa shape index (κ2) is 5.20. The van der Waals surface area contributed by atoms with Gasteiger partial charge in [0.2, 0.25) is 0 Å². The van der Waals surface area contributed by atoms with Crippen LogP contribution in [-0.4, -0.2) is 16.5 Å². The zero-order valence-electron chi connectivity index (χ0n) is 10.6. The summed E-state index contributed by atoms with van der Waals surface area (Å²) < 4.78 is 1.10. The first-order valence-electron chi connectivity index (χ1n) is 6.27. The first-order chi connectivity index (χ1) is 9.65. The summed E-state index contributed by atoms with van der Waals surface area (Å²) in [5, 5.41) is 10.6. The van der Waals surface area contributed by atoms with Crippen LogP contribution in [0.4, 0.5) is 11.5 Å². The van der Waals surface area contributed by atoms with E-state index in [4.69, 9.17) is 0 Å². The van der Waals surface area contributed by atoms with Crippen LogP contribution >= 0.6 is 15.9 Å². The number of halogens is 1. The van der Waals surface area contributed by atoms with Crippen LogP contribution in [0.3, 0.4) is 0 Å². The lowest BCUT2D eigenvalue weighted by Gasteiger charge is -2.30. The molecule has 0 bridgehead atoms. The van der Waals surface area contributed by atoms with Crippen molar-refractivity contribution in [3.63, 3.8) is 0 Å². The lowest BCUT2D eigenvalue weighted by atomic mass is 10.00. The highest BCUT2D eigenvalue weighted by molar-refractivity contribution is 9.10. The molecule has 2 heterocycles. The molecule has 0 aliphatic carbocycles. The van der Waals surface area contributed by atoms with Crippen molar-refractivity contribution >= 4 is 27.4 Å². The summed E-state index contributed by atoms with van der Waals surface area (Å²) in [4.78, 5) is 16.5. The Hall–Kier alpha value is -1.95. The van der Waals surface area contributed by atoms with Crippen LogP contribution in [0.15, 0.2) is 41.0 Å². The topological polar surface area (TPSA) is 59.3 Å². The van der Waals surface area contributed by atoms with Gasteiger partial charge in [-0.3, -0.25) is 10.1 Å². The zero-order valence-corrected chi connectivity index (χ0v) is 12.2. The Bertz CT molecular complexity index is 658. The lowest BCUT2D eigenvalue weighted by Crippen LogP contribution is -2.31. The van der Waals surface area contributed by atoms with E-state index < -0.39 is 4.92 Å². The molecule has 0 saturated carbocycles. The Kier molecular flexibility index (Phi) is 3.40. The molecule has 20 heavy (non-hydrogen) atoms. The minimum Gasteiger partial charge on any atom is -0.352 e. The summed E-state index contributed by atoms with van der Waals surface area (Å²) in [6.45, 7) is 1.63. The van der Waals surface area contributed by atoms with E-state index in [1.807, 2.05) is 12.1 Å². The molecule has 6 heteroatoms. The van der Waals surface area contributed by atoms with Crippen molar-refractivity contribution in [1.29, 1.82) is 0 Å². The Morgan fingerprint density at radius 2 is 2.15 bits per heavy atom. The van der Waals surface area contributed by atoms with Gasteiger partial charge in [0.25, 0.3) is 5.69 Å². The van der Waals surface area contributed by atoms with Crippen LogP contribution in [0.1, 0.15) is 11.1 Å². The molecular weight excluding hydrogens is 322 g/mol. The van der Waals surface area contributed by atoms with Gasteiger partial charge in [-0.2, -0.15) is 0 Å². The molecule has 1 aromatic heterocycles. The normalized spacial score (nSPS) is 13.9. The standard InChI is InChI=1S/C14H12BrN3O2/c15-13-3-1-2-10-6-7-17(9-12(10)13)14-5-4-11(8-16-14)18(19)20/h1-5,8H,6-7,9H2. The van der Waals surface area contributed by atoms with Gasteiger partial charge in [-0.25, -0.2) is 4.98 Å². The van der Waals surface area contributed by atoms with E-state index in [9.17, 15) is 10.1 Å². The van der Waals surface area contributed by atoms with Crippen LogP contribution in [0.25, 0.3) is 0 Å². The number of hydrogen-bond donors (Lipinski definition) is 0. The van der Waals surface area contributed by atoms with Gasteiger partial charge in [-0.15, -0.1) is 0 Å². The van der Waals surface area contributed by atoms with Crippen LogP contribution < -0.4 is 4.90 Å². The van der Waals surface area contributed by atoms with Crippen LogP contribution in [0.2, 0.25) is 0 Å². The molecule has 0 atom stereocenters. The first-order valence-corrected chi connectivity index (χ1v) is 7.06. The van der Waals surface area contributed by atoms with Gasteiger partial charge < -0.3 is 4.90 Å². The van der Waals surface area contributed by atoms with Gasteiger partial charge >= 0.3 is 0 Å². The fourth-order valence-corrected chi connectivity index (χ4v) is 2.94. The molecular formula is C14H12BrN3O2. The number of fused-ring (bicyclic) bond motifs is 1. The molecule has 0 fully saturated rings. The van der Waals surface area contributed by atoms with E-state index in [1.54, 1.807) is 6.07 Å². The van der Waals surface area contributed by atoms with Crippen LogP contribution in [-0.2, 0) is 13.0 Å². The molecule has 2 aromatic rings. The monoisotopic (exact) mass is 333 g/mol. The summed E-state index contributed by atoms with van der Waals surface area (Å²) in [6, 6.07) is 9.42. The molecule has 102 valence electrons. The van der Waals surface area contributed by atoms with E-state index in [0.29, 0.717) is 0 Å². The number of nitro groups is 1. The fourth-order valence-electron chi connectivity index (χ4n) is 2.41. The summed E-state index contributed by atoms with van der Waals surface area (Å²) in [6.07, 6.45) is 2.26. The van der Waals surface area contributed by atoms with Gasteiger partial charge in [0, 0.05) is 23.6 Å².